The van der Waals surface area contributed by atoms with Crippen LogP contribution in [0.2, 0.25) is 0 Å². The van der Waals surface area contributed by atoms with Gasteiger partial charge in [0.25, 0.3) is 0 Å². The van der Waals surface area contributed by atoms with Crippen LogP contribution in [0.5, 0.6) is 0 Å². The number of rotatable bonds is 10. The number of anilines is 3. The molecular formula is C81H94F6IN17O8. The van der Waals surface area contributed by atoms with Crippen molar-refractivity contribution < 1.29 is 64.6 Å². The first-order chi connectivity index (χ1) is 53.6. The molecule has 3 saturated heterocycles. The number of nitrogens with zero attached hydrogens (tertiary/aromatic N) is 10. The summed E-state index contributed by atoms with van der Waals surface area (Å²) in [6.45, 7) is 21.9. The number of hydrogen-bond donors (Lipinski definition) is 7. The number of fused-ring (bicyclic) bond motifs is 3. The van der Waals surface area contributed by atoms with E-state index in [2.05, 4.69) is 59.2 Å². The molecule has 32 heteroatoms. The van der Waals surface area contributed by atoms with E-state index in [9.17, 15) is 55.1 Å². The standard InChI is InChI=1S/C25H23F3N4O2.C21H27N5O3.C12H18IN3O2.C9H10N2O.C8H12N2.C6H4F3N/c1-14-12-32-21(10-17(14)23(33)9-15-7-18(26)24(28)19(27)8-15)22(11-29-32)31-13-20(30-25(31)34)16-5-3-2-4-6-16;1-14-11-26-18(13-24(14)20(28)29-21(2,3)4)17(10-22-26)25-12-16(23-19(25)27)15-8-6-5-7-9-15;1-8-6-16-10(9(13)5-14-16)7-15(8)11(17)18-12(2,3)4;12-9-10-6-8(11-9)7-4-2-1-3-5-7;9-6-8(10)7-4-2-1-3-5-7;7-4-1-3(10)2-5(8)6(4)9/h2-8,11,14,17,20H,9-10,12-13H2,1H3,(H,30,34);5-10,14,16H,11-13H2,1-4H3,(H,23,27);5,8H,6-7H2,1-4H3;1-5,8H,6H2,(H2,10,11,12);1-5,8H,6,9-10H2;1-2H,10H2/t14-,17?,20?;14-,16?;8-;;;/m000.../s1. The van der Waals surface area contributed by atoms with Crippen LogP contribution >= 0.6 is 22.6 Å². The molecule has 8 amide bonds. The van der Waals surface area contributed by atoms with Crippen molar-refractivity contribution in [1.29, 1.82) is 0 Å². The van der Waals surface area contributed by atoms with Crippen molar-refractivity contribution in [1.82, 2.24) is 60.4 Å². The minimum absolute atomic E-state index is 0.0128. The second-order valence-corrected chi connectivity index (χ2v) is 31.2. The molecule has 9 aromatic rings. The predicted octanol–water partition coefficient (Wildman–Crippen LogP) is 13.5. The van der Waals surface area contributed by atoms with E-state index in [1.807, 2.05) is 204 Å². The predicted molar refractivity (Wildman–Crippen MR) is 422 cm³/mol. The summed E-state index contributed by atoms with van der Waals surface area (Å²) in [6, 6.07) is 42.0. The topological polar surface area (TPSA) is 313 Å². The van der Waals surface area contributed by atoms with E-state index in [1.165, 1.54) is 0 Å². The molecule has 25 nitrogen and oxygen atoms in total. The van der Waals surface area contributed by atoms with Gasteiger partial charge in [0.15, 0.2) is 34.9 Å². The minimum Gasteiger partial charge on any atom is -0.444 e. The van der Waals surface area contributed by atoms with Crippen molar-refractivity contribution in [2.75, 3.05) is 41.7 Å². The van der Waals surface area contributed by atoms with E-state index in [4.69, 9.17) is 26.7 Å². The van der Waals surface area contributed by atoms with Crippen LogP contribution in [0.1, 0.15) is 131 Å². The Balaban J connectivity index is 0.000000154. The number of benzene rings is 6. The van der Waals surface area contributed by atoms with Crippen molar-refractivity contribution in [3.63, 3.8) is 0 Å². The average molecular weight is 1670 g/mol. The summed E-state index contributed by atoms with van der Waals surface area (Å²) in [5.74, 6) is -8.87. The molecule has 6 aliphatic rings. The molecule has 0 spiro atoms. The smallest absolute Gasteiger partial charge is 0.410 e. The van der Waals surface area contributed by atoms with Gasteiger partial charge < -0.3 is 47.9 Å². The van der Waals surface area contributed by atoms with E-state index in [1.54, 1.807) is 32.0 Å². The number of nitrogens with two attached hydrogens (primary N) is 3. The van der Waals surface area contributed by atoms with E-state index in [-0.39, 0.29) is 95.9 Å². The first kappa shape index (κ1) is 84.4. The number of carbonyl (C=O) groups is 6. The highest BCUT2D eigenvalue weighted by Crippen LogP contribution is 2.37. The van der Waals surface area contributed by atoms with Gasteiger partial charge in [-0.1, -0.05) is 128 Å². The zero-order valence-corrected chi connectivity index (χ0v) is 66.3. The van der Waals surface area contributed by atoms with E-state index in [0.717, 1.165) is 79.4 Å². The van der Waals surface area contributed by atoms with Gasteiger partial charge >= 0.3 is 30.3 Å². The SMILES string of the molecule is C[C@H]1Cn2ncc(I)c2CN1C(=O)OC(C)(C)C.C[C@H]1Cn2ncc(N3CC(c4ccccc4)NC3=O)c2CC1C(=O)Cc1cc(F)c(F)c(F)c1.C[C@H]1Cn2ncc(N3CC(c4ccccc4)NC3=O)c2CN1C(=O)OC(C)(C)C.NCC(N)c1ccccc1.Nc1cc(F)c(F)c(F)c1.O=C1NCC(c2ccccc2)N1. The molecule has 9 heterocycles. The minimum atomic E-state index is -1.55. The fourth-order valence-corrected chi connectivity index (χ4v) is 14.0. The molecule has 0 radical (unpaired) electrons. The monoisotopic (exact) mass is 1670 g/mol. The van der Waals surface area contributed by atoms with Gasteiger partial charge in [-0.2, -0.15) is 15.3 Å². The number of nitrogen functional groups attached to an aromatic ring is 1. The van der Waals surface area contributed by atoms with E-state index in [0.29, 0.717) is 64.5 Å². The normalized spacial score (nSPS) is 19.6. The van der Waals surface area contributed by atoms with Crippen LogP contribution in [-0.2, 0) is 59.8 Å². The maximum Gasteiger partial charge on any atom is 0.410 e. The lowest BCUT2D eigenvalue weighted by molar-refractivity contribution is -0.124. The Kier molecular flexibility index (Phi) is 27.7. The van der Waals surface area contributed by atoms with Gasteiger partial charge in [-0.25, -0.2) is 50.3 Å². The Morgan fingerprint density at radius 3 is 1.40 bits per heavy atom. The molecule has 600 valence electrons. The van der Waals surface area contributed by atoms with Crippen molar-refractivity contribution in [3.8, 4) is 0 Å². The second kappa shape index (κ2) is 37.1. The first-order valence-corrected chi connectivity index (χ1v) is 37.9. The molecule has 113 heavy (non-hydrogen) atoms. The van der Waals surface area contributed by atoms with Gasteiger partial charge in [0.05, 0.1) is 120 Å². The molecule has 8 atom stereocenters. The maximum atomic E-state index is 13.6. The second-order valence-electron chi connectivity index (χ2n) is 30.1. The van der Waals surface area contributed by atoms with Crippen molar-refractivity contribution in [3.05, 3.63) is 248 Å². The number of ketones is 1. The average Bonchev–Trinajstić information content (AvgIpc) is 1.62. The van der Waals surface area contributed by atoms with Gasteiger partial charge in [0.1, 0.15) is 17.0 Å². The van der Waals surface area contributed by atoms with Crippen LogP contribution in [0.4, 0.5) is 67.4 Å². The number of aromatic nitrogens is 6. The van der Waals surface area contributed by atoms with Gasteiger partial charge in [-0.15, -0.1) is 0 Å². The molecule has 6 aromatic carbocycles. The summed E-state index contributed by atoms with van der Waals surface area (Å²) in [5, 5.41) is 24.8. The van der Waals surface area contributed by atoms with Crippen LogP contribution < -0.4 is 48.3 Å². The highest BCUT2D eigenvalue weighted by molar-refractivity contribution is 14.1. The number of amides is 8. The third kappa shape index (κ3) is 21.8. The Morgan fingerprint density at radius 1 is 0.549 bits per heavy atom. The van der Waals surface area contributed by atoms with Crippen LogP contribution in [0.25, 0.3) is 0 Å². The number of halogens is 7. The molecule has 0 aliphatic carbocycles. The quantitative estimate of drug-likeness (QED) is 0.0290. The van der Waals surface area contributed by atoms with Gasteiger partial charge in [0, 0.05) is 62.3 Å². The summed E-state index contributed by atoms with van der Waals surface area (Å²) in [5.41, 5.74) is 23.4. The molecule has 3 aromatic heterocycles. The molecule has 5 unspecified atom stereocenters. The molecule has 6 aliphatic heterocycles. The Labute approximate surface area is 665 Å². The zero-order chi connectivity index (χ0) is 81.8. The third-order valence-electron chi connectivity index (χ3n) is 19.2. The summed E-state index contributed by atoms with van der Waals surface area (Å²) in [7, 11) is 0. The summed E-state index contributed by atoms with van der Waals surface area (Å²) in [6.07, 6.45) is 4.74. The molecule has 15 rings (SSSR count). The lowest BCUT2D eigenvalue weighted by Crippen LogP contribution is -2.47. The van der Waals surface area contributed by atoms with Crippen molar-refractivity contribution in [2.45, 2.75) is 155 Å². The molecule has 0 bridgehead atoms. The van der Waals surface area contributed by atoms with Crippen molar-refractivity contribution in [2.24, 2.45) is 23.3 Å². The number of urea groups is 3. The van der Waals surface area contributed by atoms with Gasteiger partial charge in [-0.3, -0.25) is 38.4 Å². The molecular weight excluding hydrogens is 1580 g/mol. The summed E-state index contributed by atoms with van der Waals surface area (Å²) in [4.78, 5) is 81.0. The van der Waals surface area contributed by atoms with E-state index < -0.39 is 52.0 Å². The Hall–Kier alpha value is -11.0. The van der Waals surface area contributed by atoms with Crippen LogP contribution in [0.3, 0.4) is 0 Å². The molecule has 3 fully saturated rings. The highest BCUT2D eigenvalue weighted by Gasteiger charge is 2.41. The van der Waals surface area contributed by atoms with Gasteiger partial charge in [0.2, 0.25) is 0 Å². The number of nitrogens with one attached hydrogen (secondary N) is 4. The largest absolute Gasteiger partial charge is 0.444 e. The van der Waals surface area contributed by atoms with Crippen LogP contribution in [0.15, 0.2) is 164 Å². The lowest BCUT2D eigenvalue weighted by Gasteiger charge is -2.35. The third-order valence-corrected chi connectivity index (χ3v) is 20.1. The number of Topliss-reactive ketones (excluding diaryl/α,β-unsaturated/α-hetero) is 1. The van der Waals surface area contributed by atoms with Crippen LogP contribution in [-0.4, -0.2) is 125 Å². The molecule has 10 N–H and O–H groups in total. The number of carbonyl (C=O) groups excluding carboxylic acids is 6. The fourth-order valence-electron chi connectivity index (χ4n) is 13.4. The zero-order valence-electron chi connectivity index (χ0n) is 64.1. The van der Waals surface area contributed by atoms with E-state index >= 15 is 0 Å². The van der Waals surface area contributed by atoms with Gasteiger partial charge in [-0.05, 0) is 124 Å². The number of hydrogen-bond acceptors (Lipinski definition) is 14. The fraction of sp³-hybridized carbons (Fsp3) is 0.370. The first-order valence-electron chi connectivity index (χ1n) is 36.8. The number of ether oxygens (including phenoxy) is 2. The Morgan fingerprint density at radius 2 is 0.956 bits per heavy atom. The Bertz CT molecular complexity index is 4750. The lowest BCUT2D eigenvalue weighted by atomic mass is 9.81. The highest BCUT2D eigenvalue weighted by atomic mass is 127. The molecule has 0 saturated carbocycles. The summed E-state index contributed by atoms with van der Waals surface area (Å²) >= 11 is 2.25. The summed E-state index contributed by atoms with van der Waals surface area (Å²) < 4.78 is 94.6. The van der Waals surface area contributed by atoms with Crippen LogP contribution in [0, 0.1) is 50.3 Å². The maximum absolute atomic E-state index is 13.6. The van der Waals surface area contributed by atoms with Crippen molar-refractivity contribution >= 4 is 75.7 Å².